The summed E-state index contributed by atoms with van der Waals surface area (Å²) in [6, 6.07) is 16.0. The molecule has 0 radical (unpaired) electrons. The Hall–Kier alpha value is -4.05. The maximum Gasteiger partial charge on any atom is 0.573 e. The number of ether oxygens (including phenoxy) is 1. The minimum atomic E-state index is -4.85. The summed E-state index contributed by atoms with van der Waals surface area (Å²) < 4.78 is 41.2. The molecule has 1 saturated heterocycles. The van der Waals surface area contributed by atoms with Crippen molar-refractivity contribution in [3.05, 3.63) is 77.9 Å². The summed E-state index contributed by atoms with van der Waals surface area (Å²) in [6.45, 7) is 2.77. The van der Waals surface area contributed by atoms with Gasteiger partial charge in [-0.05, 0) is 53.6 Å². The SMILES string of the molecule is O=C(Nc1cccc(OC(F)(F)F)c1)c1cc(O)cc(-c2ccc(C(=O)N3CCNCC3)cc2)c1. The van der Waals surface area contributed by atoms with Gasteiger partial charge in [0.2, 0.25) is 0 Å². The first-order valence-corrected chi connectivity index (χ1v) is 10.8. The third kappa shape index (κ3) is 6.30. The van der Waals surface area contributed by atoms with Crippen LogP contribution in [0.4, 0.5) is 18.9 Å². The number of nitrogens with one attached hydrogen (secondary N) is 2. The third-order valence-corrected chi connectivity index (χ3v) is 5.37. The number of anilines is 1. The summed E-state index contributed by atoms with van der Waals surface area (Å²) in [5.41, 5.74) is 1.94. The first-order valence-electron chi connectivity index (χ1n) is 10.8. The minimum absolute atomic E-state index is 0.0641. The summed E-state index contributed by atoms with van der Waals surface area (Å²) in [5, 5.41) is 15.9. The van der Waals surface area contributed by atoms with E-state index >= 15 is 0 Å². The van der Waals surface area contributed by atoms with Gasteiger partial charge in [0.05, 0.1) is 0 Å². The lowest BCUT2D eigenvalue weighted by atomic mass is 10.0. The van der Waals surface area contributed by atoms with Crippen molar-refractivity contribution in [3.8, 4) is 22.6 Å². The Balaban J connectivity index is 1.50. The van der Waals surface area contributed by atoms with Gasteiger partial charge < -0.3 is 25.4 Å². The fraction of sp³-hybridized carbons (Fsp3) is 0.200. The number of benzene rings is 3. The van der Waals surface area contributed by atoms with E-state index in [1.54, 1.807) is 29.2 Å². The molecule has 182 valence electrons. The number of alkyl halides is 3. The Labute approximate surface area is 199 Å². The van der Waals surface area contributed by atoms with Crippen molar-refractivity contribution in [1.82, 2.24) is 10.2 Å². The van der Waals surface area contributed by atoms with Gasteiger partial charge in [-0.3, -0.25) is 9.59 Å². The van der Waals surface area contributed by atoms with Crippen LogP contribution < -0.4 is 15.4 Å². The van der Waals surface area contributed by atoms with Gasteiger partial charge in [0, 0.05) is 49.1 Å². The number of nitrogens with zero attached hydrogens (tertiary/aromatic N) is 1. The van der Waals surface area contributed by atoms with E-state index in [0.717, 1.165) is 25.2 Å². The van der Waals surface area contributed by atoms with Crippen LogP contribution in [0.3, 0.4) is 0 Å². The number of piperazine rings is 1. The number of carbonyl (C=O) groups is 2. The van der Waals surface area contributed by atoms with Crippen molar-refractivity contribution in [1.29, 1.82) is 0 Å². The smallest absolute Gasteiger partial charge is 0.508 e. The average Bonchev–Trinajstić information content (AvgIpc) is 2.83. The van der Waals surface area contributed by atoms with Gasteiger partial charge in [0.15, 0.2) is 0 Å². The Morgan fingerprint density at radius 3 is 2.31 bits per heavy atom. The molecular formula is C25H22F3N3O4. The van der Waals surface area contributed by atoms with Crippen LogP contribution in [0.15, 0.2) is 66.7 Å². The topological polar surface area (TPSA) is 90.9 Å². The van der Waals surface area contributed by atoms with Gasteiger partial charge >= 0.3 is 6.36 Å². The molecule has 35 heavy (non-hydrogen) atoms. The molecule has 4 rings (SSSR count). The number of hydrogen-bond donors (Lipinski definition) is 3. The molecule has 0 aliphatic carbocycles. The molecule has 0 unspecified atom stereocenters. The van der Waals surface area contributed by atoms with Crippen molar-refractivity contribution >= 4 is 17.5 Å². The van der Waals surface area contributed by atoms with Gasteiger partial charge in [0.1, 0.15) is 11.5 Å². The maximum absolute atomic E-state index is 12.7. The zero-order chi connectivity index (χ0) is 25.0. The first-order chi connectivity index (χ1) is 16.7. The molecule has 2 amide bonds. The monoisotopic (exact) mass is 485 g/mol. The van der Waals surface area contributed by atoms with Crippen molar-refractivity contribution in [3.63, 3.8) is 0 Å². The van der Waals surface area contributed by atoms with Crippen LogP contribution in [0.2, 0.25) is 0 Å². The number of halogens is 3. The fourth-order valence-corrected chi connectivity index (χ4v) is 3.74. The molecule has 0 saturated carbocycles. The van der Waals surface area contributed by atoms with E-state index in [0.29, 0.717) is 29.8 Å². The lowest BCUT2D eigenvalue weighted by molar-refractivity contribution is -0.274. The minimum Gasteiger partial charge on any atom is -0.508 e. The summed E-state index contributed by atoms with van der Waals surface area (Å²) >= 11 is 0. The van der Waals surface area contributed by atoms with E-state index in [4.69, 9.17) is 0 Å². The van der Waals surface area contributed by atoms with Crippen LogP contribution in [0.5, 0.6) is 11.5 Å². The number of phenolic OH excluding ortho intramolecular Hbond substituents is 1. The second-order valence-electron chi connectivity index (χ2n) is 7.92. The number of phenols is 1. The second kappa shape index (κ2) is 10.1. The van der Waals surface area contributed by atoms with E-state index in [9.17, 15) is 27.9 Å². The Morgan fingerprint density at radius 2 is 1.63 bits per heavy atom. The van der Waals surface area contributed by atoms with Gasteiger partial charge in [-0.15, -0.1) is 13.2 Å². The van der Waals surface area contributed by atoms with E-state index in [1.165, 1.54) is 30.3 Å². The highest BCUT2D eigenvalue weighted by Gasteiger charge is 2.31. The average molecular weight is 485 g/mol. The van der Waals surface area contributed by atoms with Crippen LogP contribution in [-0.4, -0.2) is 54.4 Å². The van der Waals surface area contributed by atoms with Crippen molar-refractivity contribution in [2.24, 2.45) is 0 Å². The molecule has 3 aromatic carbocycles. The predicted molar refractivity (Wildman–Crippen MR) is 123 cm³/mol. The zero-order valence-electron chi connectivity index (χ0n) is 18.4. The van der Waals surface area contributed by atoms with E-state index in [2.05, 4.69) is 15.4 Å². The Kier molecular flexibility index (Phi) is 6.92. The Morgan fingerprint density at radius 1 is 0.914 bits per heavy atom. The molecule has 7 nitrogen and oxygen atoms in total. The van der Waals surface area contributed by atoms with Crippen LogP contribution >= 0.6 is 0 Å². The quantitative estimate of drug-likeness (QED) is 0.503. The number of carbonyl (C=O) groups excluding carboxylic acids is 2. The lowest BCUT2D eigenvalue weighted by Crippen LogP contribution is -2.46. The highest BCUT2D eigenvalue weighted by Crippen LogP contribution is 2.28. The number of hydrogen-bond acceptors (Lipinski definition) is 5. The molecule has 1 fully saturated rings. The van der Waals surface area contributed by atoms with E-state index in [-0.39, 0.29) is 22.9 Å². The molecular weight excluding hydrogens is 463 g/mol. The van der Waals surface area contributed by atoms with Gasteiger partial charge in [0.25, 0.3) is 11.8 Å². The summed E-state index contributed by atoms with van der Waals surface area (Å²) in [5.74, 6) is -1.33. The summed E-state index contributed by atoms with van der Waals surface area (Å²) in [4.78, 5) is 27.2. The first kappa shape index (κ1) is 24.1. The van der Waals surface area contributed by atoms with Crippen LogP contribution in [0.1, 0.15) is 20.7 Å². The van der Waals surface area contributed by atoms with Crippen LogP contribution in [0, 0.1) is 0 Å². The Bertz CT molecular complexity index is 1220. The normalized spacial score (nSPS) is 13.9. The number of aromatic hydroxyl groups is 1. The molecule has 10 heteroatoms. The van der Waals surface area contributed by atoms with Gasteiger partial charge in [-0.1, -0.05) is 18.2 Å². The molecule has 0 atom stereocenters. The maximum atomic E-state index is 12.7. The molecule has 1 aliphatic rings. The molecule has 3 N–H and O–H groups in total. The van der Waals surface area contributed by atoms with E-state index < -0.39 is 18.0 Å². The summed E-state index contributed by atoms with van der Waals surface area (Å²) in [6.07, 6.45) is -4.85. The molecule has 1 aliphatic heterocycles. The standard InChI is InChI=1S/C25H22F3N3O4/c26-25(27,28)35-22-3-1-2-20(15-22)30-23(33)19-12-18(13-21(32)14-19)16-4-6-17(7-5-16)24(34)31-10-8-29-9-11-31/h1-7,12-15,29,32H,8-11H2,(H,30,33). The molecule has 1 heterocycles. The molecule has 0 aromatic heterocycles. The van der Waals surface area contributed by atoms with Crippen LogP contribution in [-0.2, 0) is 0 Å². The molecule has 0 bridgehead atoms. The molecule has 0 spiro atoms. The largest absolute Gasteiger partial charge is 0.573 e. The lowest BCUT2D eigenvalue weighted by Gasteiger charge is -2.27. The third-order valence-electron chi connectivity index (χ3n) is 5.37. The predicted octanol–water partition coefficient (Wildman–Crippen LogP) is 4.26. The van der Waals surface area contributed by atoms with Gasteiger partial charge in [-0.25, -0.2) is 0 Å². The van der Waals surface area contributed by atoms with Gasteiger partial charge in [-0.2, -0.15) is 0 Å². The zero-order valence-corrected chi connectivity index (χ0v) is 18.4. The van der Waals surface area contributed by atoms with Crippen LogP contribution in [0.25, 0.3) is 11.1 Å². The highest BCUT2D eigenvalue weighted by atomic mass is 19.4. The fourth-order valence-electron chi connectivity index (χ4n) is 3.74. The second-order valence-corrected chi connectivity index (χ2v) is 7.92. The van der Waals surface area contributed by atoms with Crippen molar-refractivity contribution in [2.45, 2.75) is 6.36 Å². The summed E-state index contributed by atoms with van der Waals surface area (Å²) in [7, 11) is 0. The van der Waals surface area contributed by atoms with Crippen molar-refractivity contribution < 1.29 is 32.6 Å². The number of amides is 2. The molecule has 3 aromatic rings. The highest BCUT2D eigenvalue weighted by molar-refractivity contribution is 6.05. The van der Waals surface area contributed by atoms with Crippen molar-refractivity contribution in [2.75, 3.05) is 31.5 Å². The number of rotatable bonds is 5. The van der Waals surface area contributed by atoms with E-state index in [1.807, 2.05) is 0 Å².